The first kappa shape index (κ1) is 17.0. The Bertz CT molecular complexity index is 410. The van der Waals surface area contributed by atoms with E-state index in [4.69, 9.17) is 5.73 Å². The standard InChI is InChI=1S/C16H24F3N/c1-11(20)6-5-7-12-8-13(15(2,3)4)10-14(9-12)16(17,18)19/h8-11H,5-7,20H2,1-4H3. The van der Waals surface area contributed by atoms with E-state index in [1.54, 1.807) is 0 Å². The molecule has 1 aromatic rings. The van der Waals surface area contributed by atoms with Gasteiger partial charge in [0.25, 0.3) is 0 Å². The quantitative estimate of drug-likeness (QED) is 0.855. The Balaban J connectivity index is 3.05. The van der Waals surface area contributed by atoms with Crippen molar-refractivity contribution in [3.63, 3.8) is 0 Å². The van der Waals surface area contributed by atoms with Crippen LogP contribution in [0.5, 0.6) is 0 Å². The van der Waals surface area contributed by atoms with Crippen LogP contribution in [-0.2, 0) is 18.0 Å². The molecular weight excluding hydrogens is 263 g/mol. The van der Waals surface area contributed by atoms with Crippen LogP contribution in [-0.4, -0.2) is 6.04 Å². The van der Waals surface area contributed by atoms with Gasteiger partial charge < -0.3 is 5.73 Å². The van der Waals surface area contributed by atoms with E-state index in [-0.39, 0.29) is 11.5 Å². The molecular formula is C16H24F3N. The fraction of sp³-hybridized carbons (Fsp3) is 0.625. The molecule has 20 heavy (non-hydrogen) atoms. The van der Waals surface area contributed by atoms with Crippen molar-refractivity contribution in [1.29, 1.82) is 0 Å². The van der Waals surface area contributed by atoms with Crippen LogP contribution < -0.4 is 5.73 Å². The summed E-state index contributed by atoms with van der Waals surface area (Å²) < 4.78 is 38.9. The molecule has 0 aliphatic carbocycles. The lowest BCUT2D eigenvalue weighted by Gasteiger charge is -2.22. The first-order chi connectivity index (χ1) is 9.00. The van der Waals surface area contributed by atoms with Crippen molar-refractivity contribution in [2.24, 2.45) is 5.73 Å². The Morgan fingerprint density at radius 3 is 2.05 bits per heavy atom. The predicted molar refractivity (Wildman–Crippen MR) is 76.7 cm³/mol. The molecule has 0 heterocycles. The van der Waals surface area contributed by atoms with Crippen molar-refractivity contribution in [3.05, 3.63) is 34.9 Å². The maximum Gasteiger partial charge on any atom is 0.416 e. The zero-order chi connectivity index (χ0) is 15.6. The second kappa shape index (κ2) is 6.17. The summed E-state index contributed by atoms with van der Waals surface area (Å²) in [5, 5.41) is 0. The minimum Gasteiger partial charge on any atom is -0.328 e. The molecule has 0 radical (unpaired) electrons. The van der Waals surface area contributed by atoms with Gasteiger partial charge in [-0.3, -0.25) is 0 Å². The summed E-state index contributed by atoms with van der Waals surface area (Å²) in [5.41, 5.74) is 6.29. The highest BCUT2D eigenvalue weighted by atomic mass is 19.4. The van der Waals surface area contributed by atoms with Gasteiger partial charge in [-0.25, -0.2) is 0 Å². The van der Waals surface area contributed by atoms with Crippen LogP contribution in [0, 0.1) is 0 Å². The SMILES string of the molecule is CC(N)CCCc1cc(C(C)(C)C)cc(C(F)(F)F)c1. The number of alkyl halides is 3. The number of hydrogen-bond donors (Lipinski definition) is 1. The Kier molecular flexibility index (Phi) is 5.25. The molecule has 1 atom stereocenters. The normalized spacial score (nSPS) is 14.4. The van der Waals surface area contributed by atoms with E-state index in [0.29, 0.717) is 6.42 Å². The monoisotopic (exact) mass is 287 g/mol. The number of benzene rings is 1. The molecule has 0 amide bonds. The van der Waals surface area contributed by atoms with E-state index in [9.17, 15) is 13.2 Å². The summed E-state index contributed by atoms with van der Waals surface area (Å²) >= 11 is 0. The average molecular weight is 287 g/mol. The third-order valence-electron chi connectivity index (χ3n) is 3.31. The topological polar surface area (TPSA) is 26.0 Å². The van der Waals surface area contributed by atoms with Gasteiger partial charge in [-0.15, -0.1) is 0 Å². The van der Waals surface area contributed by atoms with Gasteiger partial charge in [-0.1, -0.05) is 26.8 Å². The highest BCUT2D eigenvalue weighted by molar-refractivity contribution is 5.35. The second-order valence-corrected chi connectivity index (χ2v) is 6.54. The second-order valence-electron chi connectivity index (χ2n) is 6.54. The predicted octanol–water partition coefficient (Wildman–Crippen LogP) is 4.67. The fourth-order valence-electron chi connectivity index (χ4n) is 2.06. The summed E-state index contributed by atoms with van der Waals surface area (Å²) in [6.07, 6.45) is -2.03. The lowest BCUT2D eigenvalue weighted by atomic mass is 9.84. The molecule has 0 aliphatic rings. The van der Waals surface area contributed by atoms with Crippen LogP contribution in [0.2, 0.25) is 0 Å². The van der Waals surface area contributed by atoms with Crippen molar-refractivity contribution in [1.82, 2.24) is 0 Å². The zero-order valence-corrected chi connectivity index (χ0v) is 12.6. The van der Waals surface area contributed by atoms with E-state index < -0.39 is 11.7 Å². The molecule has 2 N–H and O–H groups in total. The molecule has 1 rings (SSSR count). The molecule has 0 bridgehead atoms. The van der Waals surface area contributed by atoms with Crippen molar-refractivity contribution < 1.29 is 13.2 Å². The van der Waals surface area contributed by atoms with Crippen molar-refractivity contribution >= 4 is 0 Å². The van der Waals surface area contributed by atoms with Crippen LogP contribution in [0.15, 0.2) is 18.2 Å². The largest absolute Gasteiger partial charge is 0.416 e. The van der Waals surface area contributed by atoms with Gasteiger partial charge in [0, 0.05) is 6.04 Å². The smallest absolute Gasteiger partial charge is 0.328 e. The summed E-state index contributed by atoms with van der Waals surface area (Å²) in [4.78, 5) is 0. The Labute approximate surface area is 119 Å². The highest BCUT2D eigenvalue weighted by Gasteiger charge is 2.32. The first-order valence-electron chi connectivity index (χ1n) is 6.97. The van der Waals surface area contributed by atoms with Crippen LogP contribution >= 0.6 is 0 Å². The summed E-state index contributed by atoms with van der Waals surface area (Å²) in [6.45, 7) is 7.68. The molecule has 0 aromatic heterocycles. The van der Waals surface area contributed by atoms with E-state index in [1.807, 2.05) is 33.8 Å². The zero-order valence-electron chi connectivity index (χ0n) is 12.6. The Morgan fingerprint density at radius 1 is 1.05 bits per heavy atom. The minimum absolute atomic E-state index is 0.0860. The van der Waals surface area contributed by atoms with E-state index in [0.717, 1.165) is 24.0 Å². The fourth-order valence-corrected chi connectivity index (χ4v) is 2.06. The van der Waals surface area contributed by atoms with Crippen LogP contribution in [0.25, 0.3) is 0 Å². The van der Waals surface area contributed by atoms with E-state index in [2.05, 4.69) is 0 Å². The van der Waals surface area contributed by atoms with Crippen molar-refractivity contribution in [2.75, 3.05) is 0 Å². The average Bonchev–Trinajstić information content (AvgIpc) is 2.25. The lowest BCUT2D eigenvalue weighted by molar-refractivity contribution is -0.137. The molecule has 1 nitrogen and oxygen atoms in total. The number of rotatable bonds is 4. The molecule has 0 aliphatic heterocycles. The minimum atomic E-state index is -4.29. The molecule has 0 saturated carbocycles. The van der Waals surface area contributed by atoms with Gasteiger partial charge in [-0.2, -0.15) is 13.2 Å². The molecule has 0 saturated heterocycles. The van der Waals surface area contributed by atoms with Crippen molar-refractivity contribution in [2.45, 2.75) is 64.6 Å². The maximum absolute atomic E-state index is 13.0. The summed E-state index contributed by atoms with van der Waals surface area (Å²) in [7, 11) is 0. The van der Waals surface area contributed by atoms with Gasteiger partial charge in [0.15, 0.2) is 0 Å². The first-order valence-corrected chi connectivity index (χ1v) is 6.97. The van der Waals surface area contributed by atoms with Crippen molar-refractivity contribution in [3.8, 4) is 0 Å². The Morgan fingerprint density at radius 2 is 1.60 bits per heavy atom. The van der Waals surface area contributed by atoms with Gasteiger partial charge in [0.2, 0.25) is 0 Å². The van der Waals surface area contributed by atoms with Crippen LogP contribution in [0.1, 0.15) is 57.2 Å². The number of aryl methyl sites for hydroxylation is 1. The maximum atomic E-state index is 13.0. The third-order valence-corrected chi connectivity index (χ3v) is 3.31. The molecule has 0 fully saturated rings. The summed E-state index contributed by atoms with van der Waals surface area (Å²) in [5.74, 6) is 0. The van der Waals surface area contributed by atoms with Gasteiger partial charge >= 0.3 is 6.18 Å². The number of halogens is 3. The molecule has 1 unspecified atom stereocenters. The van der Waals surface area contributed by atoms with E-state index in [1.165, 1.54) is 12.1 Å². The number of nitrogens with two attached hydrogens (primary N) is 1. The van der Waals surface area contributed by atoms with Gasteiger partial charge in [-0.05, 0) is 54.9 Å². The summed E-state index contributed by atoms with van der Waals surface area (Å²) in [6, 6.07) is 4.49. The van der Waals surface area contributed by atoms with Crippen LogP contribution in [0.4, 0.5) is 13.2 Å². The molecule has 4 heteroatoms. The lowest BCUT2D eigenvalue weighted by Crippen LogP contribution is -2.16. The molecule has 0 spiro atoms. The van der Waals surface area contributed by atoms with Gasteiger partial charge in [0.05, 0.1) is 5.56 Å². The highest BCUT2D eigenvalue weighted by Crippen LogP contribution is 2.34. The van der Waals surface area contributed by atoms with Gasteiger partial charge in [0.1, 0.15) is 0 Å². The number of hydrogen-bond acceptors (Lipinski definition) is 1. The molecule has 114 valence electrons. The van der Waals surface area contributed by atoms with E-state index >= 15 is 0 Å². The Hall–Kier alpha value is -1.03. The molecule has 1 aromatic carbocycles. The third kappa shape index (κ3) is 5.16. The van der Waals surface area contributed by atoms with Crippen LogP contribution in [0.3, 0.4) is 0 Å².